The first-order valence-electron chi connectivity index (χ1n) is 10.4. The summed E-state index contributed by atoms with van der Waals surface area (Å²) < 4.78 is 0. The van der Waals surface area contributed by atoms with E-state index in [0.717, 1.165) is 0 Å². The van der Waals surface area contributed by atoms with Crippen LogP contribution in [0.2, 0.25) is 0 Å². The van der Waals surface area contributed by atoms with Crippen LogP contribution in [0.1, 0.15) is 0 Å². The van der Waals surface area contributed by atoms with Gasteiger partial charge in [-0.25, -0.2) is 0 Å². The monoisotopic (exact) mass is 381 g/mol. The fourth-order valence-corrected chi connectivity index (χ4v) is 4.75. The number of para-hydroxylation sites is 1. The van der Waals surface area contributed by atoms with Gasteiger partial charge in [-0.1, -0.05) is 109 Å². The summed E-state index contributed by atoms with van der Waals surface area (Å²) in [5, 5.41) is 2.53. The molecule has 0 amide bonds. The summed E-state index contributed by atoms with van der Waals surface area (Å²) in [7, 11) is 0. The molecule has 1 aliphatic heterocycles. The summed E-state index contributed by atoms with van der Waals surface area (Å²) in [4.78, 5) is 2.50. The molecule has 0 spiro atoms. The van der Waals surface area contributed by atoms with E-state index < -0.39 is 0 Å². The van der Waals surface area contributed by atoms with Gasteiger partial charge < -0.3 is 4.81 Å². The quantitative estimate of drug-likeness (QED) is 0.351. The van der Waals surface area contributed by atoms with Gasteiger partial charge in [0.05, 0.1) is 0 Å². The van der Waals surface area contributed by atoms with E-state index >= 15 is 0 Å². The van der Waals surface area contributed by atoms with Crippen LogP contribution in [0.25, 0.3) is 21.9 Å². The minimum atomic E-state index is 0.124. The molecule has 0 aromatic heterocycles. The van der Waals surface area contributed by atoms with Gasteiger partial charge in [-0.2, -0.15) is 0 Å². The molecule has 5 aromatic carbocycles. The van der Waals surface area contributed by atoms with Crippen LogP contribution >= 0.6 is 0 Å². The first-order chi connectivity index (χ1) is 14.9. The zero-order valence-electron chi connectivity index (χ0n) is 16.6. The number of fused-ring (bicyclic) bond motifs is 4. The number of hydrogen-bond donors (Lipinski definition) is 0. The van der Waals surface area contributed by atoms with Gasteiger partial charge in [-0.15, -0.1) is 0 Å². The molecule has 140 valence electrons. The lowest BCUT2D eigenvalue weighted by atomic mass is 9.46. The summed E-state index contributed by atoms with van der Waals surface area (Å²) in [6.07, 6.45) is 0. The van der Waals surface area contributed by atoms with Crippen LogP contribution in [-0.4, -0.2) is 6.85 Å². The van der Waals surface area contributed by atoms with Crippen LogP contribution < -0.4 is 15.7 Å². The van der Waals surface area contributed by atoms with E-state index in [1.165, 1.54) is 44.2 Å². The second kappa shape index (κ2) is 6.93. The summed E-state index contributed by atoms with van der Waals surface area (Å²) in [5.41, 5.74) is 7.71. The highest BCUT2D eigenvalue weighted by atomic mass is 15.1. The van der Waals surface area contributed by atoms with Gasteiger partial charge >= 0.3 is 6.85 Å². The van der Waals surface area contributed by atoms with E-state index in [-0.39, 0.29) is 6.85 Å². The minimum Gasteiger partial charge on any atom is -0.376 e. The molecule has 0 bridgehead atoms. The third kappa shape index (κ3) is 2.65. The lowest BCUT2D eigenvalue weighted by Crippen LogP contribution is -2.57. The van der Waals surface area contributed by atoms with E-state index in [1.54, 1.807) is 0 Å². The van der Waals surface area contributed by atoms with Crippen molar-refractivity contribution in [3.8, 4) is 11.1 Å². The molecule has 0 atom stereocenters. The fraction of sp³-hybridized carbons (Fsp3) is 0. The van der Waals surface area contributed by atoms with Gasteiger partial charge in [0.2, 0.25) is 0 Å². The van der Waals surface area contributed by atoms with Crippen LogP contribution in [-0.2, 0) is 0 Å². The third-order valence-corrected chi connectivity index (χ3v) is 6.09. The van der Waals surface area contributed by atoms with Crippen molar-refractivity contribution in [2.24, 2.45) is 0 Å². The van der Waals surface area contributed by atoms with Crippen LogP contribution in [0.4, 0.5) is 11.4 Å². The van der Waals surface area contributed by atoms with Gasteiger partial charge in [0.1, 0.15) is 0 Å². The van der Waals surface area contributed by atoms with E-state index in [0.29, 0.717) is 0 Å². The zero-order chi connectivity index (χ0) is 19.9. The zero-order valence-corrected chi connectivity index (χ0v) is 16.6. The predicted molar refractivity (Wildman–Crippen MR) is 129 cm³/mol. The third-order valence-electron chi connectivity index (χ3n) is 6.09. The Balaban J connectivity index is 1.66. The fourth-order valence-electron chi connectivity index (χ4n) is 4.75. The van der Waals surface area contributed by atoms with Gasteiger partial charge in [0, 0.05) is 16.9 Å². The summed E-state index contributed by atoms with van der Waals surface area (Å²) >= 11 is 0. The largest absolute Gasteiger partial charge is 0.376 e. The van der Waals surface area contributed by atoms with Crippen molar-refractivity contribution in [1.82, 2.24) is 0 Å². The number of rotatable bonds is 2. The Labute approximate surface area is 177 Å². The van der Waals surface area contributed by atoms with Gasteiger partial charge in [0.15, 0.2) is 0 Å². The number of benzene rings is 5. The highest BCUT2D eigenvalue weighted by Gasteiger charge is 2.36. The average Bonchev–Trinajstić information content (AvgIpc) is 2.83. The maximum Gasteiger partial charge on any atom is 0.328 e. The van der Waals surface area contributed by atoms with E-state index in [1.807, 2.05) is 0 Å². The molecule has 0 aliphatic carbocycles. The van der Waals surface area contributed by atoms with Crippen molar-refractivity contribution in [2.45, 2.75) is 0 Å². The molecule has 0 fully saturated rings. The topological polar surface area (TPSA) is 3.24 Å². The summed E-state index contributed by atoms with van der Waals surface area (Å²) in [6.45, 7) is 0.124. The Hall–Kier alpha value is -3.78. The molecule has 0 unspecified atom stereocenters. The van der Waals surface area contributed by atoms with Gasteiger partial charge in [-0.3, -0.25) is 0 Å². The van der Waals surface area contributed by atoms with Crippen molar-refractivity contribution in [3.63, 3.8) is 0 Å². The first kappa shape index (κ1) is 17.1. The van der Waals surface area contributed by atoms with Crippen LogP contribution in [0.15, 0.2) is 121 Å². The molecule has 0 N–H and O–H groups in total. The Morgan fingerprint density at radius 3 is 2.03 bits per heavy atom. The van der Waals surface area contributed by atoms with Crippen molar-refractivity contribution >= 4 is 39.9 Å². The molecule has 6 rings (SSSR count). The molecule has 1 nitrogen and oxygen atoms in total. The minimum absolute atomic E-state index is 0.124. The van der Waals surface area contributed by atoms with E-state index in [9.17, 15) is 0 Å². The highest BCUT2D eigenvalue weighted by molar-refractivity contribution is 6.90. The smallest absolute Gasteiger partial charge is 0.328 e. The molecule has 2 heteroatoms. The molecule has 0 radical (unpaired) electrons. The molecular weight excluding hydrogens is 361 g/mol. The predicted octanol–water partition coefficient (Wildman–Crippen LogP) is 5.76. The SMILES string of the molecule is c1ccc(B2c3ccccc3-c3ccccc3N2c2ccc3ccccc3c2)cc1. The molecule has 30 heavy (non-hydrogen) atoms. The molecular formula is C28H20BN. The maximum absolute atomic E-state index is 2.50. The number of anilines is 2. The average molecular weight is 381 g/mol. The van der Waals surface area contributed by atoms with Gasteiger partial charge in [0.25, 0.3) is 0 Å². The Morgan fingerprint density at radius 2 is 1.17 bits per heavy atom. The number of nitrogens with zero attached hydrogens (tertiary/aromatic N) is 1. The van der Waals surface area contributed by atoms with Gasteiger partial charge in [-0.05, 0) is 40.0 Å². The molecule has 0 saturated carbocycles. The Morgan fingerprint density at radius 1 is 0.500 bits per heavy atom. The number of hydrogen-bond acceptors (Lipinski definition) is 1. The summed E-state index contributed by atoms with van der Waals surface area (Å²) in [5.74, 6) is 0. The van der Waals surface area contributed by atoms with Crippen LogP contribution in [0.3, 0.4) is 0 Å². The Bertz CT molecular complexity index is 1360. The highest BCUT2D eigenvalue weighted by Crippen LogP contribution is 2.39. The van der Waals surface area contributed by atoms with Crippen molar-refractivity contribution < 1.29 is 0 Å². The first-order valence-corrected chi connectivity index (χ1v) is 10.4. The second-order valence-electron chi connectivity index (χ2n) is 7.82. The standard InChI is InChI=1S/C28H20BN/c1-2-12-23(13-3-1)29-27-16-8-6-14-25(27)26-15-7-9-17-28(26)30(29)24-19-18-21-10-4-5-11-22(21)20-24/h1-20H. The molecule has 1 aliphatic rings. The molecule has 5 aromatic rings. The summed E-state index contributed by atoms with van der Waals surface area (Å²) in [6, 6.07) is 43.8. The molecule has 0 saturated heterocycles. The lowest BCUT2D eigenvalue weighted by molar-refractivity contribution is 1.37. The van der Waals surface area contributed by atoms with E-state index in [2.05, 4.69) is 126 Å². The molecule has 1 heterocycles. The second-order valence-corrected chi connectivity index (χ2v) is 7.82. The maximum atomic E-state index is 2.50. The Kier molecular flexibility index (Phi) is 3.95. The van der Waals surface area contributed by atoms with Crippen molar-refractivity contribution in [2.75, 3.05) is 4.81 Å². The normalized spacial score (nSPS) is 12.5. The van der Waals surface area contributed by atoms with Crippen molar-refractivity contribution in [3.05, 3.63) is 121 Å². The van der Waals surface area contributed by atoms with E-state index in [4.69, 9.17) is 0 Å². The lowest BCUT2D eigenvalue weighted by Gasteiger charge is -2.39. The van der Waals surface area contributed by atoms with Crippen LogP contribution in [0, 0.1) is 0 Å². The van der Waals surface area contributed by atoms with Crippen molar-refractivity contribution in [1.29, 1.82) is 0 Å². The van der Waals surface area contributed by atoms with Crippen LogP contribution in [0.5, 0.6) is 0 Å².